The molecule has 6 heteroatoms. The van der Waals surface area contributed by atoms with Gasteiger partial charge in [0.1, 0.15) is 4.88 Å². The first-order valence-corrected chi connectivity index (χ1v) is 10.3. The van der Waals surface area contributed by atoms with E-state index in [1.807, 2.05) is 13.0 Å². The van der Waals surface area contributed by atoms with Crippen LogP contribution in [0.4, 0.5) is 4.79 Å². The highest BCUT2D eigenvalue weighted by atomic mass is 32.1. The van der Waals surface area contributed by atoms with Crippen molar-refractivity contribution in [2.24, 2.45) is 0 Å². The summed E-state index contributed by atoms with van der Waals surface area (Å²) in [5.74, 6) is 0.0738. The maximum absolute atomic E-state index is 12.1. The van der Waals surface area contributed by atoms with Gasteiger partial charge in [0.15, 0.2) is 0 Å². The van der Waals surface area contributed by atoms with Gasteiger partial charge in [0, 0.05) is 17.3 Å². The number of aryl methyl sites for hydroxylation is 2. The van der Waals surface area contributed by atoms with Crippen LogP contribution in [0.25, 0.3) is 11.1 Å². The van der Waals surface area contributed by atoms with Gasteiger partial charge in [0.05, 0.1) is 13.2 Å². The van der Waals surface area contributed by atoms with E-state index >= 15 is 0 Å². The first-order chi connectivity index (χ1) is 13.2. The van der Waals surface area contributed by atoms with Crippen molar-refractivity contribution in [3.8, 4) is 11.1 Å². The van der Waals surface area contributed by atoms with Crippen LogP contribution in [0.15, 0.2) is 24.3 Å². The summed E-state index contributed by atoms with van der Waals surface area (Å²) in [5.41, 5.74) is 4.96. The first-order valence-electron chi connectivity index (χ1n) is 9.49. The van der Waals surface area contributed by atoms with Crippen molar-refractivity contribution < 1.29 is 19.1 Å². The van der Waals surface area contributed by atoms with Crippen LogP contribution in [0, 0.1) is 0 Å². The lowest BCUT2D eigenvalue weighted by Crippen LogP contribution is -2.31. The number of benzene rings is 1. The van der Waals surface area contributed by atoms with Crippen LogP contribution in [-0.4, -0.2) is 31.8 Å². The Balaban J connectivity index is 1.60. The van der Waals surface area contributed by atoms with Crippen LogP contribution in [0.5, 0.6) is 0 Å². The molecule has 1 N–H and O–H groups in total. The van der Waals surface area contributed by atoms with Crippen LogP contribution in [-0.2, 0) is 22.3 Å². The molecule has 0 saturated carbocycles. The summed E-state index contributed by atoms with van der Waals surface area (Å²) in [6, 6.07) is 8.58. The average molecular weight is 385 g/mol. The molecule has 0 spiro atoms. The number of amides is 1. The molecule has 2 aliphatic rings. The number of hydrogen-bond donors (Lipinski definition) is 1. The smallest absolute Gasteiger partial charge is 0.407 e. The molecule has 0 bridgehead atoms. The second-order valence-corrected chi connectivity index (χ2v) is 8.08. The minimum absolute atomic E-state index is 0.234. The Morgan fingerprint density at radius 1 is 1.30 bits per heavy atom. The Morgan fingerprint density at radius 2 is 2.19 bits per heavy atom. The molecule has 1 atom stereocenters. The summed E-state index contributed by atoms with van der Waals surface area (Å²) in [5, 5.41) is 2.85. The molecule has 0 unspecified atom stereocenters. The lowest BCUT2D eigenvalue weighted by Gasteiger charge is -2.23. The average Bonchev–Trinajstić information content (AvgIpc) is 3.10. The molecule has 2 heterocycles. The van der Waals surface area contributed by atoms with Crippen molar-refractivity contribution in [3.63, 3.8) is 0 Å². The van der Waals surface area contributed by atoms with Crippen molar-refractivity contribution in [1.29, 1.82) is 0 Å². The summed E-state index contributed by atoms with van der Waals surface area (Å²) in [7, 11) is 0. The molecule has 0 radical (unpaired) electrons. The van der Waals surface area contributed by atoms with Crippen molar-refractivity contribution in [1.82, 2.24) is 5.32 Å². The van der Waals surface area contributed by atoms with E-state index < -0.39 is 0 Å². The highest BCUT2D eigenvalue weighted by molar-refractivity contribution is 7.14. The van der Waals surface area contributed by atoms with Crippen LogP contribution in [0.1, 0.15) is 51.4 Å². The predicted molar refractivity (Wildman–Crippen MR) is 104 cm³/mol. The number of carbonyl (C=O) groups is 2. The molecular formula is C21H23NO4S. The van der Waals surface area contributed by atoms with Gasteiger partial charge in [-0.25, -0.2) is 9.59 Å². The van der Waals surface area contributed by atoms with Gasteiger partial charge in [-0.3, -0.25) is 0 Å². The van der Waals surface area contributed by atoms with Crippen LogP contribution in [0.2, 0.25) is 0 Å². The van der Waals surface area contributed by atoms with Crippen molar-refractivity contribution in [3.05, 3.63) is 45.1 Å². The summed E-state index contributed by atoms with van der Waals surface area (Å²) < 4.78 is 10.2. The number of rotatable bonds is 3. The van der Waals surface area contributed by atoms with E-state index in [9.17, 15) is 9.59 Å². The molecule has 27 heavy (non-hydrogen) atoms. The molecule has 142 valence electrons. The number of carbonyl (C=O) groups excluding carboxylic acids is 2. The fourth-order valence-corrected chi connectivity index (χ4v) is 4.94. The maximum Gasteiger partial charge on any atom is 0.407 e. The van der Waals surface area contributed by atoms with Gasteiger partial charge in [-0.05, 0) is 60.9 Å². The normalized spacial score (nSPS) is 19.0. The van der Waals surface area contributed by atoms with Gasteiger partial charge in [-0.1, -0.05) is 18.2 Å². The Morgan fingerprint density at radius 3 is 3.04 bits per heavy atom. The second-order valence-electron chi connectivity index (χ2n) is 6.94. The number of ether oxygens (including phenoxy) is 2. The first kappa shape index (κ1) is 18.0. The van der Waals surface area contributed by atoms with Crippen LogP contribution in [0.3, 0.4) is 0 Å². The van der Waals surface area contributed by atoms with E-state index in [-0.39, 0.29) is 12.1 Å². The lowest BCUT2D eigenvalue weighted by atomic mass is 9.85. The van der Waals surface area contributed by atoms with E-state index in [0.29, 0.717) is 30.6 Å². The number of esters is 1. The van der Waals surface area contributed by atoms with Crippen LogP contribution < -0.4 is 5.32 Å². The third-order valence-corrected chi connectivity index (χ3v) is 6.40. The molecule has 4 rings (SSSR count). The van der Waals surface area contributed by atoms with E-state index in [0.717, 1.165) is 31.2 Å². The molecule has 1 aromatic heterocycles. The largest absolute Gasteiger partial charge is 0.462 e. The second kappa shape index (κ2) is 7.72. The third-order valence-electron chi connectivity index (χ3n) is 5.22. The molecule has 2 aromatic rings. The summed E-state index contributed by atoms with van der Waals surface area (Å²) >= 11 is 1.55. The Kier molecular flexibility index (Phi) is 5.16. The molecule has 1 aliphatic heterocycles. The highest BCUT2D eigenvalue weighted by Gasteiger charge is 2.24. The summed E-state index contributed by atoms with van der Waals surface area (Å²) in [4.78, 5) is 25.5. The molecule has 1 aliphatic carbocycles. The molecular weight excluding hydrogens is 362 g/mol. The number of thiophene rings is 1. The van der Waals surface area contributed by atoms with E-state index in [1.54, 1.807) is 11.3 Å². The quantitative estimate of drug-likeness (QED) is 0.801. The zero-order valence-corrected chi connectivity index (χ0v) is 16.2. The van der Waals surface area contributed by atoms with Crippen molar-refractivity contribution in [2.75, 3.05) is 19.8 Å². The lowest BCUT2D eigenvalue weighted by molar-refractivity contribution is 0.0532. The minimum atomic E-state index is -0.327. The zero-order valence-electron chi connectivity index (χ0n) is 15.4. The van der Waals surface area contributed by atoms with Crippen molar-refractivity contribution >= 4 is 23.4 Å². The molecule has 1 amide bonds. The molecule has 1 aromatic carbocycles. The number of alkyl carbamates (subject to hydrolysis) is 1. The summed E-state index contributed by atoms with van der Waals surface area (Å²) in [6.07, 6.45) is 3.47. The van der Waals surface area contributed by atoms with Gasteiger partial charge in [-0.15, -0.1) is 11.3 Å². The van der Waals surface area contributed by atoms with Gasteiger partial charge in [0.2, 0.25) is 0 Å². The standard InChI is InChI=1S/C21H23NO4S/c1-2-25-20(23)19-11-17-16-7-5-13(10-14(16)6-8-18(17)27-19)15-4-3-9-26-21(24)22-12-15/h5,7,10-11,15H,2-4,6,8-9,12H2,1H3,(H,22,24)/t15-/m0/s1. The molecule has 5 nitrogen and oxygen atoms in total. The monoisotopic (exact) mass is 385 g/mol. The summed E-state index contributed by atoms with van der Waals surface area (Å²) in [6.45, 7) is 3.30. The Bertz CT molecular complexity index is 873. The fraction of sp³-hybridized carbons (Fsp3) is 0.429. The topological polar surface area (TPSA) is 64.6 Å². The highest BCUT2D eigenvalue weighted by Crippen LogP contribution is 2.40. The van der Waals surface area contributed by atoms with Crippen LogP contribution >= 0.6 is 11.3 Å². The Hall–Kier alpha value is -2.34. The zero-order chi connectivity index (χ0) is 18.8. The maximum atomic E-state index is 12.1. The number of cyclic esters (lactones) is 1. The van der Waals surface area contributed by atoms with Gasteiger partial charge < -0.3 is 14.8 Å². The third kappa shape index (κ3) is 3.72. The van der Waals surface area contributed by atoms with E-state index in [4.69, 9.17) is 9.47 Å². The molecule has 1 saturated heterocycles. The number of nitrogens with one attached hydrogen (secondary N) is 1. The fourth-order valence-electron chi connectivity index (χ4n) is 3.87. The number of hydrogen-bond acceptors (Lipinski definition) is 5. The van der Waals surface area contributed by atoms with Gasteiger partial charge in [0.25, 0.3) is 0 Å². The predicted octanol–water partition coefficient (Wildman–Crippen LogP) is 4.29. The van der Waals surface area contributed by atoms with E-state index in [2.05, 4.69) is 23.5 Å². The van der Waals surface area contributed by atoms with Crippen molar-refractivity contribution in [2.45, 2.75) is 38.5 Å². The minimum Gasteiger partial charge on any atom is -0.462 e. The SMILES string of the molecule is CCOC(=O)c1cc2c(s1)CCc1cc([C@H]3CCCOC(=O)NC3)ccc1-2. The van der Waals surface area contributed by atoms with Gasteiger partial charge >= 0.3 is 12.1 Å². The van der Waals surface area contributed by atoms with E-state index in [1.165, 1.54) is 21.6 Å². The van der Waals surface area contributed by atoms with Gasteiger partial charge in [-0.2, -0.15) is 0 Å². The number of fused-ring (bicyclic) bond motifs is 3. The molecule has 1 fully saturated rings. The Labute approximate surface area is 162 Å².